The summed E-state index contributed by atoms with van der Waals surface area (Å²) in [5.74, 6) is -0.403. The third-order valence-electron chi connectivity index (χ3n) is 8.30. The molecule has 8 nitrogen and oxygen atoms in total. The van der Waals surface area contributed by atoms with Crippen molar-refractivity contribution in [1.29, 1.82) is 0 Å². The average Bonchev–Trinajstić information content (AvgIpc) is 3.68. The second-order valence-electron chi connectivity index (χ2n) is 11.0. The largest absolute Gasteiger partial charge is 0.368 e. The highest BCUT2D eigenvalue weighted by molar-refractivity contribution is 6.07. The van der Waals surface area contributed by atoms with Crippen LogP contribution in [0.1, 0.15) is 40.7 Å². The molecule has 3 aromatic carbocycles. The molecule has 3 N–H and O–H groups in total. The molecule has 0 saturated carbocycles. The molecule has 8 heteroatoms. The number of carbonyl (C=O) groups is 3. The highest BCUT2D eigenvalue weighted by Crippen LogP contribution is 2.47. The number of amides is 3. The number of ether oxygens (including phenoxy) is 1. The van der Waals surface area contributed by atoms with Gasteiger partial charge in [-0.2, -0.15) is 0 Å². The number of benzene rings is 3. The van der Waals surface area contributed by atoms with Gasteiger partial charge in [-0.05, 0) is 78.7 Å². The lowest BCUT2D eigenvalue weighted by atomic mass is 9.79. The standard InChI is InChI=1S/C32H34N4O4/c1-33-18-22-7-2-3-8-23(22)19-36(30(38)28-11-6-14-40-28)20-29(37)34-25-13-12-21-16-32(17-24(21)15-25)26-9-4-5-10-27(26)35-31(32)39/h2-5,7-10,12-13,15,28,33H,6,11,14,16-20H2,1H3,(H,34,37)(H,35,39). The van der Waals surface area contributed by atoms with Crippen LogP contribution in [0.25, 0.3) is 0 Å². The van der Waals surface area contributed by atoms with Crippen molar-refractivity contribution in [2.24, 2.45) is 0 Å². The lowest BCUT2D eigenvalue weighted by Crippen LogP contribution is -2.43. The van der Waals surface area contributed by atoms with Crippen LogP contribution in [-0.4, -0.2) is 48.9 Å². The monoisotopic (exact) mass is 538 g/mol. The predicted octanol–water partition coefficient (Wildman–Crippen LogP) is 3.54. The molecule has 206 valence electrons. The Labute approximate surface area is 234 Å². The Balaban J connectivity index is 1.18. The van der Waals surface area contributed by atoms with Crippen molar-refractivity contribution < 1.29 is 19.1 Å². The average molecular weight is 539 g/mol. The second kappa shape index (κ2) is 10.9. The van der Waals surface area contributed by atoms with Gasteiger partial charge < -0.3 is 25.6 Å². The van der Waals surface area contributed by atoms with Crippen LogP contribution >= 0.6 is 0 Å². The molecule has 2 atom stereocenters. The first-order chi connectivity index (χ1) is 19.5. The summed E-state index contributed by atoms with van der Waals surface area (Å²) in [7, 11) is 1.88. The molecular weight excluding hydrogens is 504 g/mol. The summed E-state index contributed by atoms with van der Waals surface area (Å²) in [4.78, 5) is 41.4. The molecule has 2 heterocycles. The number of rotatable bonds is 8. The molecule has 1 spiro atoms. The topological polar surface area (TPSA) is 99.8 Å². The fourth-order valence-electron chi connectivity index (χ4n) is 6.32. The van der Waals surface area contributed by atoms with Gasteiger partial charge in [-0.1, -0.05) is 48.5 Å². The number of hydrogen-bond donors (Lipinski definition) is 3. The summed E-state index contributed by atoms with van der Waals surface area (Å²) in [5, 5.41) is 9.20. The maximum absolute atomic E-state index is 13.4. The lowest BCUT2D eigenvalue weighted by Gasteiger charge is -2.26. The van der Waals surface area contributed by atoms with Gasteiger partial charge in [-0.3, -0.25) is 14.4 Å². The van der Waals surface area contributed by atoms with Crippen LogP contribution in [0.2, 0.25) is 0 Å². The number of anilines is 2. The van der Waals surface area contributed by atoms with Crippen molar-refractivity contribution in [2.45, 2.75) is 50.3 Å². The molecule has 3 aromatic rings. The Morgan fingerprint density at radius 1 is 1.02 bits per heavy atom. The van der Waals surface area contributed by atoms with E-state index in [0.29, 0.717) is 44.6 Å². The Morgan fingerprint density at radius 2 is 1.80 bits per heavy atom. The molecular formula is C32H34N4O4. The molecule has 0 bridgehead atoms. The SMILES string of the molecule is CNCc1ccccc1CN(CC(=O)Nc1ccc2c(c1)CC1(C2)C(=O)Nc2ccccc21)C(=O)C1CCCO1. The Hall–Kier alpha value is -4.01. The zero-order valence-corrected chi connectivity index (χ0v) is 22.7. The molecule has 6 rings (SSSR count). The fourth-order valence-corrected chi connectivity index (χ4v) is 6.32. The van der Waals surface area contributed by atoms with E-state index in [1.165, 1.54) is 0 Å². The van der Waals surface area contributed by atoms with Gasteiger partial charge in [0.25, 0.3) is 5.91 Å². The van der Waals surface area contributed by atoms with Crippen LogP contribution in [-0.2, 0) is 50.5 Å². The lowest BCUT2D eigenvalue weighted by molar-refractivity contribution is -0.143. The van der Waals surface area contributed by atoms with E-state index in [0.717, 1.165) is 39.9 Å². The summed E-state index contributed by atoms with van der Waals surface area (Å²) in [6.45, 7) is 1.48. The van der Waals surface area contributed by atoms with Gasteiger partial charge in [-0.25, -0.2) is 0 Å². The number of carbonyl (C=O) groups excluding carboxylic acids is 3. The highest BCUT2D eigenvalue weighted by atomic mass is 16.5. The van der Waals surface area contributed by atoms with E-state index < -0.39 is 11.5 Å². The van der Waals surface area contributed by atoms with Crippen molar-refractivity contribution in [3.8, 4) is 0 Å². The maximum Gasteiger partial charge on any atom is 0.252 e. The molecule has 0 radical (unpaired) electrons. The Kier molecular flexibility index (Phi) is 7.12. The third kappa shape index (κ3) is 4.89. The zero-order valence-electron chi connectivity index (χ0n) is 22.7. The highest BCUT2D eigenvalue weighted by Gasteiger charge is 2.50. The number of hydrogen-bond acceptors (Lipinski definition) is 5. The summed E-state index contributed by atoms with van der Waals surface area (Å²) >= 11 is 0. The summed E-state index contributed by atoms with van der Waals surface area (Å²) in [6, 6.07) is 21.6. The third-order valence-corrected chi connectivity index (χ3v) is 8.30. The Morgan fingerprint density at radius 3 is 2.60 bits per heavy atom. The van der Waals surface area contributed by atoms with Crippen LogP contribution in [0, 0.1) is 0 Å². The molecule has 0 aromatic heterocycles. The van der Waals surface area contributed by atoms with Crippen LogP contribution in [0.5, 0.6) is 0 Å². The molecule has 2 unspecified atom stereocenters. The summed E-state index contributed by atoms with van der Waals surface area (Å²) in [6.07, 6.45) is 2.21. The smallest absolute Gasteiger partial charge is 0.252 e. The molecule has 3 amide bonds. The summed E-state index contributed by atoms with van der Waals surface area (Å²) < 4.78 is 5.67. The minimum Gasteiger partial charge on any atom is -0.368 e. The number of nitrogens with zero attached hydrogens (tertiary/aromatic N) is 1. The van der Waals surface area contributed by atoms with E-state index >= 15 is 0 Å². The van der Waals surface area contributed by atoms with E-state index in [2.05, 4.69) is 16.0 Å². The first-order valence-corrected chi connectivity index (χ1v) is 13.9. The first kappa shape index (κ1) is 26.2. The van der Waals surface area contributed by atoms with E-state index in [1.807, 2.05) is 73.8 Å². The predicted molar refractivity (Wildman–Crippen MR) is 153 cm³/mol. The molecule has 40 heavy (non-hydrogen) atoms. The van der Waals surface area contributed by atoms with Crippen molar-refractivity contribution in [3.05, 3.63) is 94.5 Å². The van der Waals surface area contributed by atoms with E-state index in [-0.39, 0.29) is 24.3 Å². The quantitative estimate of drug-likeness (QED) is 0.408. The van der Waals surface area contributed by atoms with Gasteiger partial charge in [0.2, 0.25) is 11.8 Å². The molecule has 1 saturated heterocycles. The summed E-state index contributed by atoms with van der Waals surface area (Å²) in [5.41, 5.74) is 6.21. The van der Waals surface area contributed by atoms with Gasteiger partial charge >= 0.3 is 0 Å². The van der Waals surface area contributed by atoms with Gasteiger partial charge in [0.15, 0.2) is 0 Å². The zero-order chi connectivity index (χ0) is 27.7. The minimum atomic E-state index is -0.604. The maximum atomic E-state index is 13.4. The minimum absolute atomic E-state index is 0.0253. The van der Waals surface area contributed by atoms with Crippen molar-refractivity contribution in [3.63, 3.8) is 0 Å². The first-order valence-electron chi connectivity index (χ1n) is 13.9. The fraction of sp³-hybridized carbons (Fsp3) is 0.344. The van der Waals surface area contributed by atoms with Crippen LogP contribution in [0.3, 0.4) is 0 Å². The molecule has 1 fully saturated rings. The number of para-hydroxylation sites is 1. The van der Waals surface area contributed by atoms with E-state index in [1.54, 1.807) is 4.90 Å². The van der Waals surface area contributed by atoms with Crippen molar-refractivity contribution >= 4 is 29.1 Å². The van der Waals surface area contributed by atoms with Gasteiger partial charge in [0, 0.05) is 31.1 Å². The van der Waals surface area contributed by atoms with Gasteiger partial charge in [-0.15, -0.1) is 0 Å². The van der Waals surface area contributed by atoms with Crippen LogP contribution in [0.4, 0.5) is 11.4 Å². The molecule has 2 aliphatic heterocycles. The molecule has 1 aliphatic carbocycles. The van der Waals surface area contributed by atoms with Crippen molar-refractivity contribution in [1.82, 2.24) is 10.2 Å². The normalized spacial score (nSPS) is 20.7. The second-order valence-corrected chi connectivity index (χ2v) is 11.0. The Bertz CT molecular complexity index is 1460. The van der Waals surface area contributed by atoms with E-state index in [9.17, 15) is 14.4 Å². The molecule has 3 aliphatic rings. The number of fused-ring (bicyclic) bond motifs is 3. The van der Waals surface area contributed by atoms with Gasteiger partial charge in [0.1, 0.15) is 12.6 Å². The van der Waals surface area contributed by atoms with Crippen molar-refractivity contribution in [2.75, 3.05) is 30.8 Å². The van der Waals surface area contributed by atoms with Crippen LogP contribution < -0.4 is 16.0 Å². The van der Waals surface area contributed by atoms with E-state index in [4.69, 9.17) is 4.74 Å². The van der Waals surface area contributed by atoms with Gasteiger partial charge in [0.05, 0.1) is 5.41 Å². The number of nitrogens with one attached hydrogen (secondary N) is 3. The van der Waals surface area contributed by atoms with Crippen LogP contribution in [0.15, 0.2) is 66.7 Å².